The molecule has 1 heterocycles. The first-order chi connectivity index (χ1) is 9.70. The Morgan fingerprint density at radius 2 is 2.05 bits per heavy atom. The van der Waals surface area contributed by atoms with E-state index in [1.807, 2.05) is 0 Å². The van der Waals surface area contributed by atoms with Crippen molar-refractivity contribution in [1.82, 2.24) is 0 Å². The van der Waals surface area contributed by atoms with Gasteiger partial charge in [0, 0.05) is 11.8 Å². The van der Waals surface area contributed by atoms with Crippen LogP contribution in [0.1, 0.15) is 5.56 Å². The number of hydrogen-bond donors (Lipinski definition) is 2. The van der Waals surface area contributed by atoms with Crippen molar-refractivity contribution in [1.29, 1.82) is 0 Å². The van der Waals surface area contributed by atoms with Crippen molar-refractivity contribution in [2.24, 2.45) is 0 Å². The molecule has 10 heteroatoms. The molecule has 0 saturated heterocycles. The summed E-state index contributed by atoms with van der Waals surface area (Å²) in [5.41, 5.74) is 6.55. The van der Waals surface area contributed by atoms with Gasteiger partial charge < -0.3 is 5.73 Å². The third-order valence-corrected chi connectivity index (χ3v) is 5.79. The predicted octanol–water partition coefficient (Wildman–Crippen LogP) is 3.00. The molecule has 0 spiro atoms. The second kappa shape index (κ2) is 5.51. The highest BCUT2D eigenvalue weighted by Crippen LogP contribution is 2.37. The Morgan fingerprint density at radius 3 is 2.62 bits per heavy atom. The average Bonchev–Trinajstić information content (AvgIpc) is 2.77. The molecule has 0 amide bonds. The molecule has 7 nitrogen and oxygen atoms in total. The van der Waals surface area contributed by atoms with Gasteiger partial charge in [0.15, 0.2) is 4.34 Å². The van der Waals surface area contributed by atoms with Crippen LogP contribution in [0.25, 0.3) is 0 Å². The fraction of sp³-hybridized carbons (Fsp3) is 0.0909. The number of nitro groups is 1. The number of benzene rings is 1. The molecule has 0 aliphatic heterocycles. The number of sulfonamides is 1. The van der Waals surface area contributed by atoms with E-state index < -0.39 is 20.6 Å². The van der Waals surface area contributed by atoms with Crippen LogP contribution in [0, 0.1) is 17.0 Å². The zero-order chi connectivity index (χ0) is 15.8. The summed E-state index contributed by atoms with van der Waals surface area (Å²) < 4.78 is 26.4. The summed E-state index contributed by atoms with van der Waals surface area (Å²) in [4.78, 5) is 9.98. The van der Waals surface area contributed by atoms with Crippen LogP contribution >= 0.6 is 22.9 Å². The van der Waals surface area contributed by atoms with Crippen molar-refractivity contribution in [3.8, 4) is 0 Å². The highest BCUT2D eigenvalue weighted by atomic mass is 35.5. The van der Waals surface area contributed by atoms with Crippen LogP contribution in [0.15, 0.2) is 28.5 Å². The van der Waals surface area contributed by atoms with E-state index in [1.54, 1.807) is 19.1 Å². The molecule has 1 aromatic heterocycles. The van der Waals surface area contributed by atoms with Gasteiger partial charge in [-0.3, -0.25) is 14.8 Å². The zero-order valence-corrected chi connectivity index (χ0v) is 13.1. The van der Waals surface area contributed by atoms with Gasteiger partial charge in [-0.1, -0.05) is 17.7 Å². The molecule has 21 heavy (non-hydrogen) atoms. The largest absolute Gasteiger partial charge is 0.399 e. The van der Waals surface area contributed by atoms with Crippen molar-refractivity contribution >= 4 is 50.0 Å². The highest BCUT2D eigenvalue weighted by molar-refractivity contribution is 7.94. The maximum atomic E-state index is 12.2. The number of nitrogens with one attached hydrogen (secondary N) is 1. The lowest BCUT2D eigenvalue weighted by molar-refractivity contribution is -0.384. The monoisotopic (exact) mass is 347 g/mol. The molecule has 1 aromatic carbocycles. The number of hydrogen-bond acceptors (Lipinski definition) is 6. The van der Waals surface area contributed by atoms with Crippen LogP contribution in [0.3, 0.4) is 0 Å². The smallest absolute Gasteiger partial charge is 0.300 e. The van der Waals surface area contributed by atoms with Gasteiger partial charge in [0.1, 0.15) is 4.21 Å². The van der Waals surface area contributed by atoms with Crippen molar-refractivity contribution in [3.05, 3.63) is 44.3 Å². The van der Waals surface area contributed by atoms with Gasteiger partial charge in [0.05, 0.1) is 10.6 Å². The number of thiophene rings is 1. The van der Waals surface area contributed by atoms with Crippen LogP contribution in [-0.2, 0) is 10.0 Å². The van der Waals surface area contributed by atoms with E-state index in [1.165, 1.54) is 6.07 Å². The summed E-state index contributed by atoms with van der Waals surface area (Å²) in [6, 6.07) is 5.70. The second-order valence-corrected chi connectivity index (χ2v) is 7.72. The Labute approximate surface area is 129 Å². The number of nitrogen functional groups attached to an aromatic ring is 1. The summed E-state index contributed by atoms with van der Waals surface area (Å²) in [6.07, 6.45) is 0. The molecule has 0 atom stereocenters. The lowest BCUT2D eigenvalue weighted by atomic mass is 10.2. The molecule has 0 radical (unpaired) electrons. The predicted molar refractivity (Wildman–Crippen MR) is 82.4 cm³/mol. The van der Waals surface area contributed by atoms with Gasteiger partial charge in [-0.15, -0.1) is 11.3 Å². The van der Waals surface area contributed by atoms with Gasteiger partial charge in [0.2, 0.25) is 0 Å². The van der Waals surface area contributed by atoms with Gasteiger partial charge in [0.25, 0.3) is 15.7 Å². The molecule has 0 fully saturated rings. The highest BCUT2D eigenvalue weighted by Gasteiger charge is 2.25. The Morgan fingerprint density at radius 1 is 1.38 bits per heavy atom. The van der Waals surface area contributed by atoms with E-state index in [0.717, 1.165) is 6.07 Å². The number of nitrogens with zero attached hydrogens (tertiary/aromatic N) is 1. The minimum atomic E-state index is -3.96. The fourth-order valence-corrected chi connectivity index (χ4v) is 4.33. The normalized spacial score (nSPS) is 11.3. The first-order valence-corrected chi connectivity index (χ1v) is 8.21. The summed E-state index contributed by atoms with van der Waals surface area (Å²) in [5, 5.41) is 10.7. The van der Waals surface area contributed by atoms with Crippen molar-refractivity contribution in [2.75, 3.05) is 10.5 Å². The molecule has 0 unspecified atom stereocenters. The van der Waals surface area contributed by atoms with E-state index in [9.17, 15) is 18.5 Å². The number of halogens is 1. The molecule has 0 aliphatic carbocycles. The van der Waals surface area contributed by atoms with Crippen molar-refractivity contribution in [2.45, 2.75) is 11.1 Å². The van der Waals surface area contributed by atoms with Gasteiger partial charge in [-0.2, -0.15) is 0 Å². The maximum Gasteiger partial charge on any atom is 0.300 e. The van der Waals surface area contributed by atoms with E-state index in [-0.39, 0.29) is 8.55 Å². The molecule has 0 aliphatic rings. The van der Waals surface area contributed by atoms with Crippen LogP contribution in [0.2, 0.25) is 4.34 Å². The standard InChI is InChI=1S/C11H10ClN3O4S2/c1-6-2-3-7(13)4-8(6)14-21(18,19)10-5-9(15(16)17)11(12)20-10/h2-5,14H,13H2,1H3. The summed E-state index contributed by atoms with van der Waals surface area (Å²) in [5.74, 6) is 0. The Bertz CT molecular complexity index is 817. The number of rotatable bonds is 4. The summed E-state index contributed by atoms with van der Waals surface area (Å²) in [7, 11) is -3.96. The van der Waals surface area contributed by atoms with Crippen LogP contribution < -0.4 is 10.5 Å². The SMILES string of the molecule is Cc1ccc(N)cc1NS(=O)(=O)c1cc([N+](=O)[O-])c(Cl)s1. The summed E-state index contributed by atoms with van der Waals surface area (Å²) in [6.45, 7) is 1.71. The molecule has 0 saturated carbocycles. The van der Waals surface area contributed by atoms with E-state index in [2.05, 4.69) is 4.72 Å². The molecular weight excluding hydrogens is 338 g/mol. The van der Waals surface area contributed by atoms with E-state index in [4.69, 9.17) is 17.3 Å². The minimum absolute atomic E-state index is 0.190. The molecule has 3 N–H and O–H groups in total. The first-order valence-electron chi connectivity index (χ1n) is 5.53. The number of aryl methyl sites for hydroxylation is 1. The molecule has 0 bridgehead atoms. The fourth-order valence-electron chi connectivity index (χ4n) is 1.54. The molecule has 2 rings (SSSR count). The average molecular weight is 348 g/mol. The van der Waals surface area contributed by atoms with Gasteiger partial charge in [-0.05, 0) is 24.6 Å². The molecular formula is C11H10ClN3O4S2. The third kappa shape index (κ3) is 3.26. The lowest BCUT2D eigenvalue weighted by Gasteiger charge is -2.09. The Kier molecular flexibility index (Phi) is 4.08. The Hall–Kier alpha value is -1.84. The van der Waals surface area contributed by atoms with E-state index >= 15 is 0 Å². The van der Waals surface area contributed by atoms with Gasteiger partial charge >= 0.3 is 0 Å². The quantitative estimate of drug-likeness (QED) is 0.501. The number of anilines is 2. The van der Waals surface area contributed by atoms with Crippen LogP contribution in [-0.4, -0.2) is 13.3 Å². The second-order valence-electron chi connectivity index (χ2n) is 4.16. The first kappa shape index (κ1) is 15.5. The van der Waals surface area contributed by atoms with Crippen LogP contribution in [0.5, 0.6) is 0 Å². The minimum Gasteiger partial charge on any atom is -0.399 e. The topological polar surface area (TPSA) is 115 Å². The lowest BCUT2D eigenvalue weighted by Crippen LogP contribution is -2.12. The van der Waals surface area contributed by atoms with Crippen molar-refractivity contribution in [3.63, 3.8) is 0 Å². The Balaban J connectivity index is 2.41. The number of nitrogens with two attached hydrogens (primary N) is 1. The van der Waals surface area contributed by atoms with Crippen LogP contribution in [0.4, 0.5) is 17.1 Å². The van der Waals surface area contributed by atoms with E-state index in [0.29, 0.717) is 28.3 Å². The maximum absolute atomic E-state index is 12.2. The third-order valence-electron chi connectivity index (χ3n) is 2.61. The molecule has 112 valence electrons. The zero-order valence-electron chi connectivity index (χ0n) is 10.7. The van der Waals surface area contributed by atoms with Crippen molar-refractivity contribution < 1.29 is 13.3 Å². The van der Waals surface area contributed by atoms with Gasteiger partial charge in [-0.25, -0.2) is 8.42 Å². The summed E-state index contributed by atoms with van der Waals surface area (Å²) >= 11 is 6.29. The molecule has 2 aromatic rings.